The average Bonchev–Trinajstić information content (AvgIpc) is 2.75. The summed E-state index contributed by atoms with van der Waals surface area (Å²) in [5.74, 6) is -0.0530. The molecule has 2 aliphatic rings. The third-order valence-electron chi connectivity index (χ3n) is 3.63. The second-order valence-electron chi connectivity index (χ2n) is 4.75. The van der Waals surface area contributed by atoms with Gasteiger partial charge in [-0.1, -0.05) is 18.2 Å². The molecule has 1 aromatic carbocycles. The van der Waals surface area contributed by atoms with Crippen LogP contribution < -0.4 is 0 Å². The van der Waals surface area contributed by atoms with Crippen molar-refractivity contribution in [1.29, 1.82) is 0 Å². The van der Waals surface area contributed by atoms with Gasteiger partial charge in [0.05, 0.1) is 0 Å². The summed E-state index contributed by atoms with van der Waals surface area (Å²) < 4.78 is 5.30. The first kappa shape index (κ1) is 9.88. The molecule has 0 radical (unpaired) electrons. The number of esters is 1. The Labute approximate surface area is 95.6 Å². The topological polar surface area (TPSA) is 26.3 Å². The van der Waals surface area contributed by atoms with E-state index in [2.05, 4.69) is 18.2 Å². The molecule has 0 amide bonds. The van der Waals surface area contributed by atoms with Crippen LogP contribution >= 0.6 is 0 Å². The quantitative estimate of drug-likeness (QED) is 0.675. The highest BCUT2D eigenvalue weighted by Crippen LogP contribution is 2.32. The highest BCUT2D eigenvalue weighted by Gasteiger charge is 2.25. The summed E-state index contributed by atoms with van der Waals surface area (Å²) in [4.78, 5) is 11.1. The third kappa shape index (κ3) is 1.73. The van der Waals surface area contributed by atoms with Gasteiger partial charge in [0.25, 0.3) is 0 Å². The van der Waals surface area contributed by atoms with Crippen molar-refractivity contribution in [2.45, 2.75) is 44.6 Å². The number of aryl methyl sites for hydroxylation is 2. The van der Waals surface area contributed by atoms with Crippen molar-refractivity contribution in [2.24, 2.45) is 0 Å². The Morgan fingerprint density at radius 2 is 1.88 bits per heavy atom. The van der Waals surface area contributed by atoms with Crippen LogP contribution in [0, 0.1) is 0 Å². The van der Waals surface area contributed by atoms with E-state index < -0.39 is 0 Å². The molecule has 0 aromatic heterocycles. The van der Waals surface area contributed by atoms with Gasteiger partial charge in [-0.3, -0.25) is 4.79 Å². The fraction of sp³-hybridized carbons (Fsp3) is 0.500. The van der Waals surface area contributed by atoms with Crippen molar-refractivity contribution in [1.82, 2.24) is 0 Å². The van der Waals surface area contributed by atoms with Crippen LogP contribution in [0.25, 0.3) is 0 Å². The SMILES string of the molecule is O=C1CC[C@H](c2ccc3c(c2)CCCC3)O1. The first-order valence-corrected chi connectivity index (χ1v) is 6.14. The molecule has 1 fully saturated rings. The lowest BCUT2D eigenvalue weighted by atomic mass is 9.89. The molecule has 1 heterocycles. The molecule has 0 N–H and O–H groups in total. The van der Waals surface area contributed by atoms with Crippen molar-refractivity contribution < 1.29 is 9.53 Å². The lowest BCUT2D eigenvalue weighted by Gasteiger charge is -2.18. The third-order valence-corrected chi connectivity index (χ3v) is 3.63. The second kappa shape index (κ2) is 3.93. The summed E-state index contributed by atoms with van der Waals surface area (Å²) in [6.45, 7) is 0. The summed E-state index contributed by atoms with van der Waals surface area (Å²) in [5, 5.41) is 0. The van der Waals surface area contributed by atoms with E-state index in [4.69, 9.17) is 4.74 Å². The Balaban J connectivity index is 1.88. The number of hydrogen-bond acceptors (Lipinski definition) is 2. The Morgan fingerprint density at radius 3 is 2.62 bits per heavy atom. The molecule has 1 aliphatic carbocycles. The van der Waals surface area contributed by atoms with Crippen molar-refractivity contribution >= 4 is 5.97 Å². The van der Waals surface area contributed by atoms with Crippen molar-refractivity contribution in [3.8, 4) is 0 Å². The minimum absolute atomic E-state index is 0.0136. The van der Waals surface area contributed by atoms with Crippen LogP contribution in [0.1, 0.15) is 48.5 Å². The van der Waals surface area contributed by atoms with Gasteiger partial charge in [0, 0.05) is 6.42 Å². The van der Waals surface area contributed by atoms with Gasteiger partial charge in [-0.15, -0.1) is 0 Å². The number of ether oxygens (including phenoxy) is 1. The Kier molecular flexibility index (Phi) is 2.43. The molecule has 1 aliphatic heterocycles. The minimum atomic E-state index is -0.0530. The molecule has 0 bridgehead atoms. The van der Waals surface area contributed by atoms with E-state index in [0.29, 0.717) is 6.42 Å². The predicted molar refractivity (Wildman–Crippen MR) is 61.2 cm³/mol. The predicted octanol–water partition coefficient (Wildman–Crippen LogP) is 2.94. The molecule has 0 unspecified atom stereocenters. The molecule has 1 saturated heterocycles. The normalized spacial score (nSPS) is 24.0. The van der Waals surface area contributed by atoms with E-state index in [-0.39, 0.29) is 12.1 Å². The zero-order chi connectivity index (χ0) is 11.0. The van der Waals surface area contributed by atoms with Crippen LogP contribution in [0.2, 0.25) is 0 Å². The van der Waals surface area contributed by atoms with Crippen LogP contribution in [0.15, 0.2) is 18.2 Å². The second-order valence-corrected chi connectivity index (χ2v) is 4.75. The highest BCUT2D eigenvalue weighted by atomic mass is 16.5. The number of carbonyl (C=O) groups is 1. The van der Waals surface area contributed by atoms with E-state index in [1.165, 1.54) is 42.4 Å². The zero-order valence-electron chi connectivity index (χ0n) is 9.37. The molecule has 2 heteroatoms. The summed E-state index contributed by atoms with van der Waals surface area (Å²) in [5.41, 5.74) is 4.14. The van der Waals surface area contributed by atoms with E-state index in [1.54, 1.807) is 0 Å². The molecule has 1 atom stereocenters. The summed E-state index contributed by atoms with van der Waals surface area (Å²) in [6, 6.07) is 6.60. The van der Waals surface area contributed by atoms with Gasteiger partial charge < -0.3 is 4.74 Å². The lowest BCUT2D eigenvalue weighted by Crippen LogP contribution is -2.05. The minimum Gasteiger partial charge on any atom is -0.457 e. The van der Waals surface area contributed by atoms with Gasteiger partial charge in [-0.05, 0) is 48.8 Å². The summed E-state index contributed by atoms with van der Waals surface area (Å²) in [6.07, 6.45) is 6.43. The van der Waals surface area contributed by atoms with Gasteiger partial charge in [-0.2, -0.15) is 0 Å². The van der Waals surface area contributed by atoms with E-state index in [9.17, 15) is 4.79 Å². The standard InChI is InChI=1S/C14H16O2/c15-14-8-7-13(16-14)12-6-5-10-3-1-2-4-11(10)9-12/h5-6,9,13H,1-4,7-8H2/t13-/m1/s1. The Morgan fingerprint density at radius 1 is 1.06 bits per heavy atom. The average molecular weight is 216 g/mol. The zero-order valence-corrected chi connectivity index (χ0v) is 9.37. The summed E-state index contributed by atoms with van der Waals surface area (Å²) >= 11 is 0. The molecule has 84 valence electrons. The van der Waals surface area contributed by atoms with Crippen LogP contribution in [0.5, 0.6) is 0 Å². The van der Waals surface area contributed by atoms with E-state index in [1.807, 2.05) is 0 Å². The maximum Gasteiger partial charge on any atom is 0.306 e. The van der Waals surface area contributed by atoms with Crippen molar-refractivity contribution in [3.05, 3.63) is 34.9 Å². The molecule has 1 aromatic rings. The fourth-order valence-corrected chi connectivity index (χ4v) is 2.71. The van der Waals surface area contributed by atoms with E-state index >= 15 is 0 Å². The number of fused-ring (bicyclic) bond motifs is 1. The first-order valence-electron chi connectivity index (χ1n) is 6.14. The van der Waals surface area contributed by atoms with Crippen molar-refractivity contribution in [3.63, 3.8) is 0 Å². The van der Waals surface area contributed by atoms with Crippen LogP contribution in [-0.4, -0.2) is 5.97 Å². The fourth-order valence-electron chi connectivity index (χ4n) is 2.71. The van der Waals surface area contributed by atoms with E-state index in [0.717, 1.165) is 6.42 Å². The van der Waals surface area contributed by atoms with Crippen molar-refractivity contribution in [2.75, 3.05) is 0 Å². The number of hydrogen-bond donors (Lipinski definition) is 0. The first-order chi connectivity index (χ1) is 7.83. The monoisotopic (exact) mass is 216 g/mol. The number of cyclic esters (lactones) is 1. The number of rotatable bonds is 1. The molecule has 2 nitrogen and oxygen atoms in total. The number of carbonyl (C=O) groups excluding carboxylic acids is 1. The largest absolute Gasteiger partial charge is 0.457 e. The molecular formula is C14H16O2. The van der Waals surface area contributed by atoms with Gasteiger partial charge in [0.1, 0.15) is 6.10 Å². The molecule has 0 saturated carbocycles. The van der Waals surface area contributed by atoms with Crippen LogP contribution in [0.4, 0.5) is 0 Å². The molecule has 0 spiro atoms. The lowest BCUT2D eigenvalue weighted by molar-refractivity contribution is -0.141. The molecule has 3 rings (SSSR count). The van der Waals surface area contributed by atoms with Gasteiger partial charge in [0.2, 0.25) is 0 Å². The van der Waals surface area contributed by atoms with Gasteiger partial charge >= 0.3 is 5.97 Å². The van der Waals surface area contributed by atoms with Gasteiger partial charge in [0.15, 0.2) is 0 Å². The Hall–Kier alpha value is -1.31. The maximum absolute atomic E-state index is 11.1. The molecule has 16 heavy (non-hydrogen) atoms. The Bertz CT molecular complexity index is 423. The van der Waals surface area contributed by atoms with Crippen LogP contribution in [0.3, 0.4) is 0 Å². The molecular weight excluding hydrogens is 200 g/mol. The van der Waals surface area contributed by atoms with Crippen LogP contribution in [-0.2, 0) is 22.4 Å². The highest BCUT2D eigenvalue weighted by molar-refractivity contribution is 5.71. The maximum atomic E-state index is 11.1. The van der Waals surface area contributed by atoms with Gasteiger partial charge in [-0.25, -0.2) is 0 Å². The smallest absolute Gasteiger partial charge is 0.306 e. The summed E-state index contributed by atoms with van der Waals surface area (Å²) in [7, 11) is 0. The number of benzene rings is 1.